The highest BCUT2D eigenvalue weighted by atomic mass is 15.3. The molecule has 0 radical (unpaired) electrons. The van der Waals surface area contributed by atoms with E-state index in [1.807, 2.05) is 12.5 Å². The summed E-state index contributed by atoms with van der Waals surface area (Å²) >= 11 is 0. The van der Waals surface area contributed by atoms with Gasteiger partial charge in [-0.25, -0.2) is 4.98 Å². The second-order valence-electron chi connectivity index (χ2n) is 5.19. The SMILES string of the molecule is C[C@@H]1Cn2cncc2CN1C(C)(C)C. The highest BCUT2D eigenvalue weighted by molar-refractivity contribution is 5.04. The minimum Gasteiger partial charge on any atom is -0.332 e. The normalized spacial score (nSPS) is 23.6. The summed E-state index contributed by atoms with van der Waals surface area (Å²) in [6.07, 6.45) is 3.91. The lowest BCUT2D eigenvalue weighted by Gasteiger charge is -2.43. The number of fused-ring (bicyclic) bond motifs is 1. The van der Waals surface area contributed by atoms with Gasteiger partial charge < -0.3 is 4.57 Å². The fourth-order valence-corrected chi connectivity index (χ4v) is 2.26. The number of hydrogen-bond acceptors (Lipinski definition) is 2. The van der Waals surface area contributed by atoms with Crippen LogP contribution in [-0.2, 0) is 13.1 Å². The smallest absolute Gasteiger partial charge is 0.0949 e. The van der Waals surface area contributed by atoms with Crippen molar-refractivity contribution in [3.63, 3.8) is 0 Å². The molecule has 78 valence electrons. The van der Waals surface area contributed by atoms with Crippen LogP contribution in [0.1, 0.15) is 33.4 Å². The van der Waals surface area contributed by atoms with Crippen molar-refractivity contribution >= 4 is 0 Å². The standard InChI is InChI=1S/C11H19N3/c1-9-6-13-8-12-5-10(13)7-14(9)11(2,3)4/h5,8-9H,6-7H2,1-4H3/t9-/m1/s1. The highest BCUT2D eigenvalue weighted by Crippen LogP contribution is 2.25. The molecule has 1 atom stereocenters. The van der Waals surface area contributed by atoms with Gasteiger partial charge in [-0.05, 0) is 27.7 Å². The van der Waals surface area contributed by atoms with Gasteiger partial charge in [0.2, 0.25) is 0 Å². The van der Waals surface area contributed by atoms with Gasteiger partial charge in [-0.2, -0.15) is 0 Å². The lowest BCUT2D eigenvalue weighted by Crippen LogP contribution is -2.50. The first-order valence-electron chi connectivity index (χ1n) is 5.24. The van der Waals surface area contributed by atoms with Crippen molar-refractivity contribution in [1.29, 1.82) is 0 Å². The molecule has 0 bridgehead atoms. The molecule has 1 aliphatic heterocycles. The molecule has 0 saturated carbocycles. The van der Waals surface area contributed by atoms with Crippen LogP contribution >= 0.6 is 0 Å². The van der Waals surface area contributed by atoms with Gasteiger partial charge >= 0.3 is 0 Å². The summed E-state index contributed by atoms with van der Waals surface area (Å²) in [5.74, 6) is 0. The Morgan fingerprint density at radius 3 is 2.79 bits per heavy atom. The molecular weight excluding hydrogens is 174 g/mol. The van der Waals surface area contributed by atoms with E-state index in [1.165, 1.54) is 5.69 Å². The molecule has 1 aliphatic rings. The third-order valence-corrected chi connectivity index (χ3v) is 2.99. The van der Waals surface area contributed by atoms with Crippen LogP contribution in [0.15, 0.2) is 12.5 Å². The maximum Gasteiger partial charge on any atom is 0.0949 e. The lowest BCUT2D eigenvalue weighted by atomic mass is 10.0. The van der Waals surface area contributed by atoms with Gasteiger partial charge in [0.1, 0.15) is 0 Å². The van der Waals surface area contributed by atoms with E-state index in [4.69, 9.17) is 0 Å². The molecule has 0 fully saturated rings. The van der Waals surface area contributed by atoms with Crippen LogP contribution in [0, 0.1) is 0 Å². The first-order chi connectivity index (χ1) is 6.48. The Bertz CT molecular complexity index is 322. The van der Waals surface area contributed by atoms with Gasteiger partial charge in [-0.15, -0.1) is 0 Å². The zero-order valence-corrected chi connectivity index (χ0v) is 9.49. The topological polar surface area (TPSA) is 21.1 Å². The quantitative estimate of drug-likeness (QED) is 0.627. The third-order valence-electron chi connectivity index (χ3n) is 2.99. The van der Waals surface area contributed by atoms with E-state index >= 15 is 0 Å². The molecule has 2 rings (SSSR count). The summed E-state index contributed by atoms with van der Waals surface area (Å²) in [4.78, 5) is 6.72. The second-order valence-corrected chi connectivity index (χ2v) is 5.19. The van der Waals surface area contributed by atoms with Crippen molar-refractivity contribution < 1.29 is 0 Å². The first-order valence-corrected chi connectivity index (χ1v) is 5.24. The molecule has 1 aromatic heterocycles. The number of hydrogen-bond donors (Lipinski definition) is 0. The van der Waals surface area contributed by atoms with Gasteiger partial charge in [-0.3, -0.25) is 4.90 Å². The predicted octanol–water partition coefficient (Wildman–Crippen LogP) is 1.89. The average molecular weight is 193 g/mol. The third kappa shape index (κ3) is 1.57. The molecule has 0 unspecified atom stereocenters. The van der Waals surface area contributed by atoms with Gasteiger partial charge in [-0.1, -0.05) is 0 Å². The Morgan fingerprint density at radius 1 is 1.43 bits per heavy atom. The summed E-state index contributed by atoms with van der Waals surface area (Å²) in [5.41, 5.74) is 1.58. The minimum atomic E-state index is 0.245. The van der Waals surface area contributed by atoms with Crippen LogP contribution in [0.2, 0.25) is 0 Å². The van der Waals surface area contributed by atoms with Gasteiger partial charge in [0.05, 0.1) is 12.0 Å². The molecule has 3 nitrogen and oxygen atoms in total. The Balaban J connectivity index is 2.26. The fourth-order valence-electron chi connectivity index (χ4n) is 2.26. The number of nitrogens with zero attached hydrogens (tertiary/aromatic N) is 3. The summed E-state index contributed by atoms with van der Waals surface area (Å²) < 4.78 is 2.26. The van der Waals surface area contributed by atoms with E-state index in [1.54, 1.807) is 0 Å². The van der Waals surface area contributed by atoms with Crippen molar-refractivity contribution in [2.75, 3.05) is 0 Å². The van der Waals surface area contributed by atoms with Crippen LogP contribution in [0.3, 0.4) is 0 Å². The number of rotatable bonds is 0. The zero-order valence-electron chi connectivity index (χ0n) is 9.49. The van der Waals surface area contributed by atoms with Crippen LogP contribution in [0.25, 0.3) is 0 Å². The second kappa shape index (κ2) is 3.09. The molecule has 0 N–H and O–H groups in total. The van der Waals surface area contributed by atoms with Crippen molar-refractivity contribution in [2.45, 2.75) is 52.4 Å². The van der Waals surface area contributed by atoms with E-state index in [0.717, 1.165) is 13.1 Å². The van der Waals surface area contributed by atoms with Crippen LogP contribution < -0.4 is 0 Å². The number of aromatic nitrogens is 2. The Kier molecular flexibility index (Phi) is 2.14. The minimum absolute atomic E-state index is 0.245. The van der Waals surface area contributed by atoms with Crippen molar-refractivity contribution in [1.82, 2.24) is 14.5 Å². The molecule has 1 aromatic rings. The maximum absolute atomic E-state index is 4.19. The van der Waals surface area contributed by atoms with E-state index in [-0.39, 0.29) is 5.54 Å². The molecule has 14 heavy (non-hydrogen) atoms. The van der Waals surface area contributed by atoms with E-state index in [2.05, 4.69) is 42.1 Å². The molecule has 0 aliphatic carbocycles. The summed E-state index contributed by atoms with van der Waals surface area (Å²) in [6.45, 7) is 11.2. The van der Waals surface area contributed by atoms with E-state index in [9.17, 15) is 0 Å². The van der Waals surface area contributed by atoms with Gasteiger partial charge in [0, 0.05) is 30.9 Å². The fraction of sp³-hybridized carbons (Fsp3) is 0.727. The molecule has 3 heteroatoms. The highest BCUT2D eigenvalue weighted by Gasteiger charge is 2.30. The van der Waals surface area contributed by atoms with Gasteiger partial charge in [0.25, 0.3) is 0 Å². The molecule has 0 amide bonds. The Morgan fingerprint density at radius 2 is 2.14 bits per heavy atom. The van der Waals surface area contributed by atoms with Crippen molar-refractivity contribution in [2.24, 2.45) is 0 Å². The van der Waals surface area contributed by atoms with Crippen LogP contribution in [0.5, 0.6) is 0 Å². The Labute approximate surface area is 85.7 Å². The molecule has 0 spiro atoms. The van der Waals surface area contributed by atoms with Crippen LogP contribution in [0.4, 0.5) is 0 Å². The summed E-state index contributed by atoms with van der Waals surface area (Å²) in [5, 5.41) is 0. The van der Waals surface area contributed by atoms with E-state index < -0.39 is 0 Å². The van der Waals surface area contributed by atoms with Crippen LogP contribution in [-0.4, -0.2) is 26.0 Å². The monoisotopic (exact) mass is 193 g/mol. The number of imidazole rings is 1. The molecule has 0 saturated heterocycles. The Hall–Kier alpha value is -0.830. The molecule has 2 heterocycles. The lowest BCUT2D eigenvalue weighted by molar-refractivity contribution is 0.0526. The van der Waals surface area contributed by atoms with Gasteiger partial charge in [0.15, 0.2) is 0 Å². The zero-order chi connectivity index (χ0) is 10.3. The molecule has 0 aromatic carbocycles. The maximum atomic E-state index is 4.19. The van der Waals surface area contributed by atoms with Crippen molar-refractivity contribution in [3.05, 3.63) is 18.2 Å². The van der Waals surface area contributed by atoms with E-state index in [0.29, 0.717) is 6.04 Å². The largest absolute Gasteiger partial charge is 0.332 e. The first kappa shape index (κ1) is 9.71. The summed E-state index contributed by atoms with van der Waals surface area (Å²) in [6, 6.07) is 0.594. The predicted molar refractivity (Wildman–Crippen MR) is 57.0 cm³/mol. The average Bonchev–Trinajstić information content (AvgIpc) is 2.47. The molecular formula is C11H19N3. The summed E-state index contributed by atoms with van der Waals surface area (Å²) in [7, 11) is 0. The van der Waals surface area contributed by atoms with Crippen molar-refractivity contribution in [3.8, 4) is 0 Å².